The van der Waals surface area contributed by atoms with E-state index in [2.05, 4.69) is 57.7 Å². The molecule has 0 atom stereocenters. The van der Waals surface area contributed by atoms with Crippen LogP contribution in [-0.4, -0.2) is 11.1 Å². The fourth-order valence-corrected chi connectivity index (χ4v) is 3.65. The van der Waals surface area contributed by atoms with Crippen molar-refractivity contribution in [1.29, 1.82) is 0 Å². The summed E-state index contributed by atoms with van der Waals surface area (Å²) in [4.78, 5) is 11.0. The average molecular weight is 347 g/mol. The average Bonchev–Trinajstić information content (AvgIpc) is 2.57. The normalized spacial score (nSPS) is 16.9. The number of nitrogen functional groups attached to an aromatic ring is 1. The fraction of sp³-hybridized carbons (Fsp3) is 0.348. The molecule has 0 fully saturated rings. The molecular weight excluding hydrogens is 322 g/mol. The second-order valence-electron chi connectivity index (χ2n) is 8.39. The van der Waals surface area contributed by atoms with E-state index in [1.807, 2.05) is 0 Å². The van der Waals surface area contributed by atoms with Gasteiger partial charge < -0.3 is 10.8 Å². The van der Waals surface area contributed by atoms with Crippen molar-refractivity contribution in [3.63, 3.8) is 0 Å². The quantitative estimate of drug-likeness (QED) is 0.580. The number of carboxylic acids is 1. The van der Waals surface area contributed by atoms with Crippen molar-refractivity contribution in [2.45, 2.75) is 51.4 Å². The topological polar surface area (TPSA) is 63.3 Å². The van der Waals surface area contributed by atoms with Crippen molar-refractivity contribution in [2.75, 3.05) is 5.73 Å². The lowest BCUT2D eigenvalue weighted by Crippen LogP contribution is -2.33. The number of benzene rings is 2. The number of aromatic carboxylic acids is 1. The number of hydrogen-bond acceptors (Lipinski definition) is 2. The van der Waals surface area contributed by atoms with E-state index in [1.54, 1.807) is 12.1 Å². The van der Waals surface area contributed by atoms with Gasteiger partial charge >= 0.3 is 5.97 Å². The molecule has 2 aromatic rings. The van der Waals surface area contributed by atoms with E-state index < -0.39 is 5.97 Å². The Kier molecular flexibility index (Phi) is 4.32. The molecule has 0 aromatic heterocycles. The number of hydrogen-bond donors (Lipinski definition) is 2. The standard InChI is InChI=1S/C23H25NO2/c1-22(2)11-12-23(3,4)19-13-15(8-10-18(19)22)5-6-16-7-9-17(21(25)26)20(24)14-16/h7-10,13-14H,11-12,24H2,1-4H3,(H,25,26). The van der Waals surface area contributed by atoms with Crippen molar-refractivity contribution >= 4 is 11.7 Å². The number of carboxylic acid groups (broad SMARTS) is 1. The predicted molar refractivity (Wildman–Crippen MR) is 106 cm³/mol. The van der Waals surface area contributed by atoms with Crippen molar-refractivity contribution in [1.82, 2.24) is 0 Å². The van der Waals surface area contributed by atoms with Gasteiger partial charge in [-0.25, -0.2) is 4.79 Å². The molecule has 0 amide bonds. The van der Waals surface area contributed by atoms with Gasteiger partial charge in [-0.15, -0.1) is 0 Å². The summed E-state index contributed by atoms with van der Waals surface area (Å²) >= 11 is 0. The van der Waals surface area contributed by atoms with Crippen molar-refractivity contribution in [3.8, 4) is 11.8 Å². The number of fused-ring (bicyclic) bond motifs is 1. The first-order valence-corrected chi connectivity index (χ1v) is 8.90. The van der Waals surface area contributed by atoms with Gasteiger partial charge in [0, 0.05) is 16.8 Å². The lowest BCUT2D eigenvalue weighted by molar-refractivity contribution is 0.0698. The van der Waals surface area contributed by atoms with Gasteiger partial charge in [0.15, 0.2) is 0 Å². The maximum absolute atomic E-state index is 11.0. The van der Waals surface area contributed by atoms with Crippen molar-refractivity contribution in [2.24, 2.45) is 0 Å². The first-order valence-electron chi connectivity index (χ1n) is 8.90. The monoisotopic (exact) mass is 347 g/mol. The third-order valence-corrected chi connectivity index (χ3v) is 5.49. The Morgan fingerprint density at radius 2 is 1.46 bits per heavy atom. The molecule has 134 valence electrons. The summed E-state index contributed by atoms with van der Waals surface area (Å²) in [6.45, 7) is 9.20. The van der Waals surface area contributed by atoms with Crippen LogP contribution in [0.4, 0.5) is 5.69 Å². The molecular formula is C23H25NO2. The number of nitrogens with two attached hydrogens (primary N) is 1. The van der Waals surface area contributed by atoms with E-state index in [9.17, 15) is 4.79 Å². The van der Waals surface area contributed by atoms with Crippen LogP contribution >= 0.6 is 0 Å². The van der Waals surface area contributed by atoms with E-state index in [0.29, 0.717) is 5.56 Å². The summed E-state index contributed by atoms with van der Waals surface area (Å²) in [6.07, 6.45) is 2.35. The van der Waals surface area contributed by atoms with Gasteiger partial charge in [0.25, 0.3) is 0 Å². The molecule has 0 spiro atoms. The van der Waals surface area contributed by atoms with Gasteiger partial charge in [-0.3, -0.25) is 0 Å². The van der Waals surface area contributed by atoms with E-state index >= 15 is 0 Å². The van der Waals surface area contributed by atoms with Gasteiger partial charge in [0.2, 0.25) is 0 Å². The third kappa shape index (κ3) is 3.32. The highest BCUT2D eigenvalue weighted by molar-refractivity contribution is 5.93. The van der Waals surface area contributed by atoms with E-state index in [-0.39, 0.29) is 22.1 Å². The van der Waals surface area contributed by atoms with E-state index in [1.165, 1.54) is 23.6 Å². The number of rotatable bonds is 1. The summed E-state index contributed by atoms with van der Waals surface area (Å²) in [5.41, 5.74) is 10.9. The lowest BCUT2D eigenvalue weighted by Gasteiger charge is -2.41. The molecule has 0 heterocycles. The van der Waals surface area contributed by atoms with Crippen LogP contribution in [0.25, 0.3) is 0 Å². The molecule has 0 radical (unpaired) electrons. The molecule has 0 aliphatic heterocycles. The zero-order valence-corrected chi connectivity index (χ0v) is 15.8. The molecule has 3 rings (SSSR count). The minimum absolute atomic E-state index is 0.105. The van der Waals surface area contributed by atoms with Gasteiger partial charge in [-0.2, -0.15) is 0 Å². The number of anilines is 1. The van der Waals surface area contributed by atoms with Crippen LogP contribution in [0.5, 0.6) is 0 Å². The molecule has 2 aromatic carbocycles. The maximum Gasteiger partial charge on any atom is 0.337 e. The Morgan fingerprint density at radius 3 is 2.04 bits per heavy atom. The highest BCUT2D eigenvalue weighted by Crippen LogP contribution is 2.45. The zero-order chi connectivity index (χ0) is 19.1. The van der Waals surface area contributed by atoms with Crippen LogP contribution in [0.1, 0.15) is 73.1 Å². The molecule has 1 aliphatic carbocycles. The first kappa shape index (κ1) is 18.1. The van der Waals surface area contributed by atoms with Crippen molar-refractivity contribution < 1.29 is 9.90 Å². The van der Waals surface area contributed by atoms with Gasteiger partial charge in [-0.05, 0) is 65.1 Å². The summed E-state index contributed by atoms with van der Waals surface area (Å²) in [5, 5.41) is 9.05. The Hall–Kier alpha value is -2.73. The third-order valence-electron chi connectivity index (χ3n) is 5.49. The van der Waals surface area contributed by atoms with Gasteiger partial charge in [-0.1, -0.05) is 45.6 Å². The summed E-state index contributed by atoms with van der Waals surface area (Å²) < 4.78 is 0. The second kappa shape index (κ2) is 6.21. The van der Waals surface area contributed by atoms with E-state index in [4.69, 9.17) is 10.8 Å². The summed E-state index contributed by atoms with van der Waals surface area (Å²) in [5.74, 6) is 5.27. The molecule has 0 saturated carbocycles. The van der Waals surface area contributed by atoms with Crippen LogP contribution in [-0.2, 0) is 10.8 Å². The summed E-state index contributed by atoms with van der Waals surface area (Å²) in [7, 11) is 0. The van der Waals surface area contributed by atoms with Gasteiger partial charge in [0.1, 0.15) is 0 Å². The maximum atomic E-state index is 11.0. The Bertz CT molecular complexity index is 942. The molecule has 0 bridgehead atoms. The molecule has 1 aliphatic rings. The highest BCUT2D eigenvalue weighted by atomic mass is 16.4. The molecule has 26 heavy (non-hydrogen) atoms. The largest absolute Gasteiger partial charge is 0.478 e. The molecule has 3 N–H and O–H groups in total. The second-order valence-corrected chi connectivity index (χ2v) is 8.39. The zero-order valence-electron chi connectivity index (χ0n) is 15.8. The molecule has 0 saturated heterocycles. The first-order chi connectivity index (χ1) is 12.1. The Balaban J connectivity index is 1.97. The predicted octanol–water partition coefficient (Wildman–Crippen LogP) is 4.72. The molecule has 0 unspecified atom stereocenters. The molecule has 3 nitrogen and oxygen atoms in total. The lowest BCUT2D eigenvalue weighted by atomic mass is 9.63. The van der Waals surface area contributed by atoms with Crippen LogP contribution in [0.15, 0.2) is 36.4 Å². The van der Waals surface area contributed by atoms with Crippen LogP contribution in [0.3, 0.4) is 0 Å². The van der Waals surface area contributed by atoms with Crippen LogP contribution < -0.4 is 5.73 Å². The van der Waals surface area contributed by atoms with Gasteiger partial charge in [0.05, 0.1) is 5.56 Å². The minimum atomic E-state index is -1.03. The summed E-state index contributed by atoms with van der Waals surface area (Å²) in [6, 6.07) is 11.3. The van der Waals surface area contributed by atoms with E-state index in [0.717, 1.165) is 12.0 Å². The SMILES string of the molecule is CC1(C)CCC(C)(C)c2cc(C#Cc3ccc(C(=O)O)c(N)c3)ccc21. The Morgan fingerprint density at radius 1 is 0.923 bits per heavy atom. The van der Waals surface area contributed by atoms with Crippen molar-refractivity contribution in [3.05, 3.63) is 64.2 Å². The van der Waals surface area contributed by atoms with Crippen LogP contribution in [0.2, 0.25) is 0 Å². The number of carbonyl (C=O) groups is 1. The van der Waals surface area contributed by atoms with Crippen LogP contribution in [0, 0.1) is 11.8 Å². The Labute approximate surface area is 155 Å². The minimum Gasteiger partial charge on any atom is -0.478 e. The highest BCUT2D eigenvalue weighted by Gasteiger charge is 2.36. The smallest absolute Gasteiger partial charge is 0.337 e. The fourth-order valence-electron chi connectivity index (χ4n) is 3.65. The molecule has 3 heteroatoms.